The molecular formula is C13H10ClF4N3O2. The highest BCUT2D eigenvalue weighted by Crippen LogP contribution is 2.38. The molecule has 5 nitrogen and oxygen atoms in total. The van der Waals surface area contributed by atoms with E-state index in [0.717, 1.165) is 4.68 Å². The van der Waals surface area contributed by atoms with E-state index in [0.29, 0.717) is 11.8 Å². The van der Waals surface area contributed by atoms with Crippen molar-refractivity contribution >= 4 is 17.6 Å². The van der Waals surface area contributed by atoms with Crippen LogP contribution < -0.4 is 10.1 Å². The number of alkyl halides is 3. The Bertz CT molecular complexity index is 735. The monoisotopic (exact) mass is 351 g/mol. The third-order valence-electron chi connectivity index (χ3n) is 2.80. The molecule has 0 unspecified atom stereocenters. The Hall–Kier alpha value is -2.29. The highest BCUT2D eigenvalue weighted by atomic mass is 35.5. The van der Waals surface area contributed by atoms with Crippen molar-refractivity contribution in [2.24, 2.45) is 0 Å². The number of ether oxygens (including phenoxy) is 1. The lowest BCUT2D eigenvalue weighted by Crippen LogP contribution is -2.26. The minimum Gasteiger partial charge on any atom is -0.433 e. The zero-order chi connectivity index (χ0) is 17.4. The van der Waals surface area contributed by atoms with E-state index in [9.17, 15) is 22.4 Å². The summed E-state index contributed by atoms with van der Waals surface area (Å²) in [5, 5.41) is 5.53. The summed E-state index contributed by atoms with van der Waals surface area (Å²) in [6.07, 6.45) is -4.74. The zero-order valence-electron chi connectivity index (χ0n) is 11.8. The van der Waals surface area contributed by atoms with Gasteiger partial charge in [-0.2, -0.15) is 17.9 Å². The summed E-state index contributed by atoms with van der Waals surface area (Å²) in [7, 11) is 1.39. The lowest BCUT2D eigenvalue weighted by molar-refractivity contribution is -0.137. The molecule has 1 N–H and O–H groups in total. The van der Waals surface area contributed by atoms with E-state index in [1.807, 2.05) is 0 Å². The molecule has 0 aliphatic carbocycles. The number of benzene rings is 1. The minimum atomic E-state index is -4.74. The van der Waals surface area contributed by atoms with E-state index < -0.39 is 34.4 Å². The summed E-state index contributed by atoms with van der Waals surface area (Å²) in [4.78, 5) is 11.5. The molecule has 1 aromatic heterocycles. The van der Waals surface area contributed by atoms with E-state index in [4.69, 9.17) is 16.3 Å². The molecule has 0 radical (unpaired) electrons. The maximum absolute atomic E-state index is 13.8. The van der Waals surface area contributed by atoms with Gasteiger partial charge >= 0.3 is 12.2 Å². The molecule has 23 heavy (non-hydrogen) atoms. The number of amides is 1. The first-order chi connectivity index (χ1) is 10.6. The van der Waals surface area contributed by atoms with Gasteiger partial charge in [0.25, 0.3) is 0 Å². The number of nitrogens with zero attached hydrogens (tertiary/aromatic N) is 2. The van der Waals surface area contributed by atoms with Crippen molar-refractivity contribution in [2.75, 3.05) is 7.05 Å². The van der Waals surface area contributed by atoms with Crippen LogP contribution in [0.1, 0.15) is 11.3 Å². The number of rotatable bonds is 2. The van der Waals surface area contributed by atoms with Crippen molar-refractivity contribution in [3.8, 4) is 11.6 Å². The third kappa shape index (κ3) is 3.55. The van der Waals surface area contributed by atoms with Crippen LogP contribution in [-0.2, 0) is 6.18 Å². The van der Waals surface area contributed by atoms with Crippen LogP contribution in [0.2, 0.25) is 5.02 Å². The van der Waals surface area contributed by atoms with E-state index in [2.05, 4.69) is 10.4 Å². The normalized spacial score (nSPS) is 11.4. The molecule has 1 amide bonds. The maximum atomic E-state index is 13.8. The Kier molecular flexibility index (Phi) is 4.51. The largest absolute Gasteiger partial charge is 0.433 e. The number of hydrogen-bond acceptors (Lipinski definition) is 3. The number of halogens is 5. The van der Waals surface area contributed by atoms with Gasteiger partial charge in [-0.05, 0) is 19.1 Å². The number of carbonyl (C=O) groups is 1. The summed E-state index contributed by atoms with van der Waals surface area (Å²) >= 11 is 5.65. The summed E-state index contributed by atoms with van der Waals surface area (Å²) in [6, 6.07) is 1.56. The van der Waals surface area contributed by atoms with E-state index >= 15 is 0 Å². The third-order valence-corrected chi connectivity index (χ3v) is 3.08. The predicted molar refractivity (Wildman–Crippen MR) is 73.3 cm³/mol. The fourth-order valence-corrected chi connectivity index (χ4v) is 1.98. The molecule has 2 aromatic rings. The minimum absolute atomic E-state index is 0.188. The molecule has 2 rings (SSSR count). The van der Waals surface area contributed by atoms with Crippen LogP contribution in [0.4, 0.5) is 22.4 Å². The Morgan fingerprint density at radius 2 is 2.00 bits per heavy atom. The smallest absolute Gasteiger partial charge is 0.416 e. The Labute approximate surface area is 132 Å². The molecule has 0 atom stereocenters. The van der Waals surface area contributed by atoms with E-state index in [1.54, 1.807) is 6.92 Å². The average Bonchev–Trinajstić information content (AvgIpc) is 2.81. The number of hydrogen-bond donors (Lipinski definition) is 1. The van der Waals surface area contributed by atoms with Gasteiger partial charge in [-0.25, -0.2) is 9.18 Å². The van der Waals surface area contributed by atoms with Crippen molar-refractivity contribution in [1.29, 1.82) is 0 Å². The van der Waals surface area contributed by atoms with Crippen LogP contribution in [0.25, 0.3) is 0 Å². The SMILES string of the molecule is CNC(=O)n1nc(Oc2c(F)cc(C(F)(F)F)cc2Cl)cc1C. The lowest BCUT2D eigenvalue weighted by Gasteiger charge is -2.11. The van der Waals surface area contributed by atoms with Gasteiger partial charge in [0.05, 0.1) is 16.3 Å². The summed E-state index contributed by atoms with van der Waals surface area (Å²) in [5.41, 5.74) is -0.859. The number of aromatic nitrogens is 2. The van der Waals surface area contributed by atoms with Crippen LogP contribution in [0.3, 0.4) is 0 Å². The first kappa shape index (κ1) is 17.1. The summed E-state index contributed by atoms with van der Waals surface area (Å²) in [5.74, 6) is -2.09. The maximum Gasteiger partial charge on any atom is 0.416 e. The van der Waals surface area contributed by atoms with Gasteiger partial charge in [0.1, 0.15) is 0 Å². The summed E-state index contributed by atoms with van der Waals surface area (Å²) in [6.45, 7) is 1.54. The molecule has 1 heterocycles. The van der Waals surface area contributed by atoms with Crippen LogP contribution in [0, 0.1) is 12.7 Å². The van der Waals surface area contributed by atoms with Crippen LogP contribution in [0.15, 0.2) is 18.2 Å². The van der Waals surface area contributed by atoms with Gasteiger partial charge in [0, 0.05) is 13.1 Å². The van der Waals surface area contributed by atoms with Crippen molar-refractivity contribution in [3.63, 3.8) is 0 Å². The molecule has 0 aliphatic heterocycles. The van der Waals surface area contributed by atoms with E-state index in [1.165, 1.54) is 13.1 Å². The van der Waals surface area contributed by atoms with Crippen molar-refractivity contribution in [1.82, 2.24) is 15.1 Å². The van der Waals surface area contributed by atoms with E-state index in [-0.39, 0.29) is 11.9 Å². The quantitative estimate of drug-likeness (QED) is 0.833. The number of aryl methyl sites for hydroxylation is 1. The first-order valence-electron chi connectivity index (χ1n) is 6.16. The molecule has 0 aliphatic rings. The van der Waals surface area contributed by atoms with Gasteiger partial charge in [0.2, 0.25) is 5.88 Å². The molecule has 0 spiro atoms. The van der Waals surface area contributed by atoms with Gasteiger partial charge < -0.3 is 10.1 Å². The molecule has 0 saturated heterocycles. The van der Waals surface area contributed by atoms with Gasteiger partial charge in [-0.3, -0.25) is 0 Å². The molecule has 0 saturated carbocycles. The van der Waals surface area contributed by atoms with Crippen LogP contribution in [0.5, 0.6) is 11.6 Å². The van der Waals surface area contributed by atoms with Crippen molar-refractivity contribution < 1.29 is 27.1 Å². The standard InChI is InChI=1S/C13H10ClF4N3O2/c1-6-3-10(20-21(6)12(22)19-2)23-11-8(14)4-7(5-9(11)15)13(16,17)18/h3-5H,1-2H3,(H,19,22). The topological polar surface area (TPSA) is 56.2 Å². The van der Waals surface area contributed by atoms with Gasteiger partial charge in [0.15, 0.2) is 11.6 Å². The van der Waals surface area contributed by atoms with Gasteiger partial charge in [-0.1, -0.05) is 11.6 Å². The number of nitrogens with one attached hydrogen (secondary N) is 1. The van der Waals surface area contributed by atoms with Crippen LogP contribution >= 0.6 is 11.6 Å². The predicted octanol–water partition coefficient (Wildman–Crippen LogP) is 3.98. The fraction of sp³-hybridized carbons (Fsp3) is 0.231. The highest BCUT2D eigenvalue weighted by molar-refractivity contribution is 6.32. The molecule has 0 bridgehead atoms. The summed E-state index contributed by atoms with van der Waals surface area (Å²) < 4.78 is 57.6. The Balaban J connectivity index is 2.36. The first-order valence-corrected chi connectivity index (χ1v) is 6.54. The van der Waals surface area contributed by atoms with Gasteiger partial charge in [-0.15, -0.1) is 5.10 Å². The Morgan fingerprint density at radius 3 is 2.52 bits per heavy atom. The second-order valence-electron chi connectivity index (χ2n) is 4.46. The lowest BCUT2D eigenvalue weighted by atomic mass is 10.2. The Morgan fingerprint density at radius 1 is 1.35 bits per heavy atom. The molecular weight excluding hydrogens is 342 g/mol. The fourth-order valence-electron chi connectivity index (χ4n) is 1.73. The van der Waals surface area contributed by atoms with Crippen LogP contribution in [-0.4, -0.2) is 22.9 Å². The molecule has 124 valence electrons. The average molecular weight is 352 g/mol. The molecule has 1 aromatic carbocycles. The molecule has 10 heteroatoms. The number of carbonyl (C=O) groups excluding carboxylic acids is 1. The highest BCUT2D eigenvalue weighted by Gasteiger charge is 2.32. The zero-order valence-corrected chi connectivity index (χ0v) is 12.6. The van der Waals surface area contributed by atoms with Crippen molar-refractivity contribution in [3.05, 3.63) is 40.3 Å². The van der Waals surface area contributed by atoms with Crippen molar-refractivity contribution in [2.45, 2.75) is 13.1 Å². The second-order valence-corrected chi connectivity index (χ2v) is 4.87. The molecule has 0 fully saturated rings. The second kappa shape index (κ2) is 6.07.